The number of nitrogens with two attached hydrogens (primary N) is 1. The normalized spacial score (nSPS) is 11.0. The third kappa shape index (κ3) is 2.91. The Morgan fingerprint density at radius 3 is 2.74 bits per heavy atom. The van der Waals surface area contributed by atoms with Gasteiger partial charge in [0.1, 0.15) is 10.6 Å². The molecule has 3 N–H and O–H groups in total. The second-order valence-electron chi connectivity index (χ2n) is 3.62. The van der Waals surface area contributed by atoms with E-state index in [2.05, 4.69) is 14.9 Å². The maximum Gasteiger partial charge on any atom is 0.265 e. The summed E-state index contributed by atoms with van der Waals surface area (Å²) in [5.41, 5.74) is 5.80. The predicted molar refractivity (Wildman–Crippen MR) is 70.2 cm³/mol. The van der Waals surface area contributed by atoms with Crippen LogP contribution in [0.1, 0.15) is 0 Å². The monoisotopic (exact) mass is 280 g/mol. The van der Waals surface area contributed by atoms with Crippen molar-refractivity contribution < 1.29 is 13.2 Å². The average Bonchev–Trinajstić information content (AvgIpc) is 2.39. The Labute approximate surface area is 110 Å². The van der Waals surface area contributed by atoms with Crippen LogP contribution in [0.5, 0.6) is 5.75 Å². The van der Waals surface area contributed by atoms with E-state index in [0.717, 1.165) is 0 Å². The first-order valence-electron chi connectivity index (χ1n) is 5.27. The van der Waals surface area contributed by atoms with Crippen LogP contribution in [0.15, 0.2) is 41.4 Å². The molecular weight excluding hydrogens is 268 g/mol. The number of hydrogen-bond acceptors (Lipinski definition) is 6. The van der Waals surface area contributed by atoms with Gasteiger partial charge in [0.2, 0.25) is 0 Å². The summed E-state index contributed by atoms with van der Waals surface area (Å²) in [6, 6.07) is 7.44. The maximum atomic E-state index is 12.2. The number of aromatic nitrogens is 2. The van der Waals surface area contributed by atoms with Crippen molar-refractivity contribution in [2.75, 3.05) is 17.6 Å². The SMILES string of the molecule is COc1ccc(N)c(S(=O)(=O)Nc2cccnn2)c1. The number of rotatable bonds is 4. The summed E-state index contributed by atoms with van der Waals surface area (Å²) in [5.74, 6) is 0.512. The van der Waals surface area contributed by atoms with Gasteiger partial charge >= 0.3 is 0 Å². The molecule has 2 rings (SSSR count). The van der Waals surface area contributed by atoms with Crippen LogP contribution >= 0.6 is 0 Å². The average molecular weight is 280 g/mol. The number of nitrogens with one attached hydrogen (secondary N) is 1. The molecule has 100 valence electrons. The highest BCUT2D eigenvalue weighted by Crippen LogP contribution is 2.25. The van der Waals surface area contributed by atoms with Crippen LogP contribution in [0, 0.1) is 0 Å². The fraction of sp³-hybridized carbons (Fsp3) is 0.0909. The number of nitrogens with zero attached hydrogens (tertiary/aromatic N) is 2. The lowest BCUT2D eigenvalue weighted by atomic mass is 10.3. The van der Waals surface area contributed by atoms with Crippen LogP contribution in [-0.4, -0.2) is 25.7 Å². The van der Waals surface area contributed by atoms with Gasteiger partial charge in [0.15, 0.2) is 5.82 Å². The van der Waals surface area contributed by atoms with Crippen LogP contribution in [0.25, 0.3) is 0 Å². The highest BCUT2D eigenvalue weighted by molar-refractivity contribution is 7.92. The van der Waals surface area contributed by atoms with Gasteiger partial charge in [0.25, 0.3) is 10.0 Å². The van der Waals surface area contributed by atoms with Crippen LogP contribution in [0.4, 0.5) is 11.5 Å². The molecular formula is C11H12N4O3S. The van der Waals surface area contributed by atoms with E-state index in [1.807, 2.05) is 0 Å². The molecule has 1 heterocycles. The minimum atomic E-state index is -3.83. The first kappa shape index (κ1) is 13.1. The highest BCUT2D eigenvalue weighted by atomic mass is 32.2. The molecule has 1 aromatic carbocycles. The van der Waals surface area contributed by atoms with Gasteiger partial charge in [-0.15, -0.1) is 5.10 Å². The molecule has 0 aliphatic carbocycles. The Balaban J connectivity index is 2.39. The van der Waals surface area contributed by atoms with Crippen LogP contribution in [-0.2, 0) is 10.0 Å². The molecule has 0 aliphatic rings. The van der Waals surface area contributed by atoms with Gasteiger partial charge in [0, 0.05) is 12.3 Å². The zero-order valence-electron chi connectivity index (χ0n) is 10.1. The number of anilines is 2. The third-order valence-corrected chi connectivity index (χ3v) is 3.73. The number of hydrogen-bond donors (Lipinski definition) is 2. The van der Waals surface area contributed by atoms with E-state index in [1.54, 1.807) is 12.1 Å². The van der Waals surface area contributed by atoms with E-state index >= 15 is 0 Å². The van der Waals surface area contributed by atoms with Crippen molar-refractivity contribution in [1.82, 2.24) is 10.2 Å². The van der Waals surface area contributed by atoms with Crippen molar-refractivity contribution in [2.45, 2.75) is 4.90 Å². The predicted octanol–water partition coefficient (Wildman–Crippen LogP) is 0.868. The molecule has 0 spiro atoms. The fourth-order valence-corrected chi connectivity index (χ4v) is 2.57. The van der Waals surface area contributed by atoms with Gasteiger partial charge in [-0.25, -0.2) is 8.42 Å². The molecule has 0 saturated carbocycles. The quantitative estimate of drug-likeness (QED) is 0.805. The molecule has 0 aliphatic heterocycles. The molecule has 0 amide bonds. The van der Waals surface area contributed by atoms with E-state index in [0.29, 0.717) is 5.75 Å². The van der Waals surface area contributed by atoms with Crippen molar-refractivity contribution >= 4 is 21.5 Å². The number of ether oxygens (including phenoxy) is 1. The Morgan fingerprint density at radius 2 is 2.11 bits per heavy atom. The van der Waals surface area contributed by atoms with Crippen molar-refractivity contribution in [3.8, 4) is 5.75 Å². The minimum absolute atomic E-state index is 0.0718. The Kier molecular flexibility index (Phi) is 3.52. The zero-order chi connectivity index (χ0) is 13.9. The van der Waals surface area contributed by atoms with Crippen LogP contribution < -0.4 is 15.2 Å². The van der Waals surface area contributed by atoms with Crippen LogP contribution in [0.2, 0.25) is 0 Å². The summed E-state index contributed by atoms with van der Waals surface area (Å²) in [4.78, 5) is -0.0718. The number of nitrogen functional groups attached to an aromatic ring is 1. The van der Waals surface area contributed by atoms with E-state index in [1.165, 1.54) is 31.5 Å². The lowest BCUT2D eigenvalue weighted by Crippen LogP contribution is -2.16. The van der Waals surface area contributed by atoms with E-state index in [9.17, 15) is 8.42 Å². The standard InChI is InChI=1S/C11H12N4O3S/c1-18-8-4-5-9(12)10(7-8)19(16,17)15-11-3-2-6-13-14-11/h2-7H,12H2,1H3,(H,14,15). The number of methoxy groups -OCH3 is 1. The largest absolute Gasteiger partial charge is 0.497 e. The Hall–Kier alpha value is -2.35. The smallest absolute Gasteiger partial charge is 0.265 e. The molecule has 8 heteroatoms. The summed E-state index contributed by atoms with van der Waals surface area (Å²) >= 11 is 0. The summed E-state index contributed by atoms with van der Waals surface area (Å²) in [6.45, 7) is 0. The minimum Gasteiger partial charge on any atom is -0.497 e. The van der Waals surface area contributed by atoms with Gasteiger partial charge < -0.3 is 10.5 Å². The lowest BCUT2D eigenvalue weighted by Gasteiger charge is -2.10. The molecule has 7 nitrogen and oxygen atoms in total. The first-order valence-corrected chi connectivity index (χ1v) is 6.75. The molecule has 0 fully saturated rings. The molecule has 2 aromatic rings. The van der Waals surface area contributed by atoms with Crippen molar-refractivity contribution in [3.05, 3.63) is 36.5 Å². The Morgan fingerprint density at radius 1 is 1.32 bits per heavy atom. The van der Waals surface area contributed by atoms with Gasteiger partial charge in [-0.1, -0.05) is 0 Å². The van der Waals surface area contributed by atoms with Gasteiger partial charge in [0.05, 0.1) is 12.8 Å². The second kappa shape index (κ2) is 5.11. The third-order valence-electron chi connectivity index (χ3n) is 2.32. The molecule has 19 heavy (non-hydrogen) atoms. The van der Waals surface area contributed by atoms with E-state index in [4.69, 9.17) is 10.5 Å². The molecule has 0 radical (unpaired) electrons. The number of benzene rings is 1. The molecule has 0 unspecified atom stereocenters. The first-order chi connectivity index (χ1) is 9.03. The second-order valence-corrected chi connectivity index (χ2v) is 5.27. The van der Waals surface area contributed by atoms with Crippen LogP contribution in [0.3, 0.4) is 0 Å². The van der Waals surface area contributed by atoms with E-state index < -0.39 is 10.0 Å². The van der Waals surface area contributed by atoms with Crippen molar-refractivity contribution in [1.29, 1.82) is 0 Å². The Bertz CT molecular complexity index is 674. The van der Waals surface area contributed by atoms with Crippen molar-refractivity contribution in [2.24, 2.45) is 0 Å². The zero-order valence-corrected chi connectivity index (χ0v) is 10.9. The number of sulfonamides is 1. The topological polar surface area (TPSA) is 107 Å². The molecule has 0 bridgehead atoms. The van der Waals surface area contributed by atoms with Gasteiger partial charge in [-0.3, -0.25) is 4.72 Å². The maximum absolute atomic E-state index is 12.2. The molecule has 0 saturated heterocycles. The summed E-state index contributed by atoms with van der Waals surface area (Å²) in [6.07, 6.45) is 1.44. The molecule has 0 atom stereocenters. The summed E-state index contributed by atoms with van der Waals surface area (Å²) in [7, 11) is -2.39. The van der Waals surface area contributed by atoms with Gasteiger partial charge in [-0.05, 0) is 24.3 Å². The van der Waals surface area contributed by atoms with E-state index in [-0.39, 0.29) is 16.4 Å². The lowest BCUT2D eigenvalue weighted by molar-refractivity contribution is 0.413. The summed E-state index contributed by atoms with van der Waals surface area (Å²) < 4.78 is 31.6. The van der Waals surface area contributed by atoms with Gasteiger partial charge in [-0.2, -0.15) is 5.10 Å². The fourth-order valence-electron chi connectivity index (χ4n) is 1.42. The highest BCUT2D eigenvalue weighted by Gasteiger charge is 2.19. The van der Waals surface area contributed by atoms with Crippen molar-refractivity contribution in [3.63, 3.8) is 0 Å². The summed E-state index contributed by atoms with van der Waals surface area (Å²) in [5, 5.41) is 7.24. The molecule has 1 aromatic heterocycles.